The molecule has 0 saturated carbocycles. The molecule has 0 bridgehead atoms. The molecule has 0 fully saturated rings. The number of carbonyl (C=O) groups is 1. The van der Waals surface area contributed by atoms with Crippen molar-refractivity contribution in [1.82, 2.24) is 14.6 Å². The first-order valence-electron chi connectivity index (χ1n) is 9.32. The van der Waals surface area contributed by atoms with Crippen molar-refractivity contribution < 1.29 is 18.0 Å². The Labute approximate surface area is 188 Å². The Hall–Kier alpha value is -3.43. The molecule has 5 aromatic rings. The molecule has 0 saturated heterocycles. The number of anilines is 1. The topological polar surface area (TPSA) is 59.3 Å². The predicted octanol–water partition coefficient (Wildman–Crippen LogP) is 6.54. The Balaban J connectivity index is 1.63. The molecule has 3 heterocycles. The van der Waals surface area contributed by atoms with Crippen LogP contribution in [-0.2, 0) is 6.18 Å². The third-order valence-electron chi connectivity index (χ3n) is 4.85. The van der Waals surface area contributed by atoms with Gasteiger partial charge in [0.1, 0.15) is 5.02 Å². The van der Waals surface area contributed by atoms with Gasteiger partial charge >= 0.3 is 6.18 Å². The van der Waals surface area contributed by atoms with Crippen molar-refractivity contribution in [3.63, 3.8) is 0 Å². The molecule has 0 spiro atoms. The van der Waals surface area contributed by atoms with Gasteiger partial charge in [-0.15, -0.1) is 11.3 Å². The number of rotatable bonds is 3. The van der Waals surface area contributed by atoms with Gasteiger partial charge in [-0.2, -0.15) is 18.3 Å². The summed E-state index contributed by atoms with van der Waals surface area (Å²) in [4.78, 5) is 17.7. The van der Waals surface area contributed by atoms with Gasteiger partial charge in [0.2, 0.25) is 0 Å². The van der Waals surface area contributed by atoms with E-state index >= 15 is 0 Å². The Morgan fingerprint density at radius 2 is 1.84 bits per heavy atom. The average molecular weight is 473 g/mol. The number of halogens is 4. The monoisotopic (exact) mass is 472 g/mol. The standard InChI is InChI=1S/C22H12ClF3N4OS/c23-18-19(21(31)28-14-8-3-6-12-5-1-2-7-13(12)14)29-30-17(22(24,25)26)11-15(27-20(18)30)16-9-4-10-32-16/h1-11H,(H,28,31). The number of aromatic nitrogens is 3. The van der Waals surface area contributed by atoms with Crippen molar-refractivity contribution >= 4 is 51.0 Å². The van der Waals surface area contributed by atoms with E-state index in [9.17, 15) is 18.0 Å². The van der Waals surface area contributed by atoms with E-state index in [1.54, 1.807) is 29.6 Å². The number of hydrogen-bond donors (Lipinski definition) is 1. The maximum Gasteiger partial charge on any atom is 0.433 e. The fraction of sp³-hybridized carbons (Fsp3) is 0.0455. The molecule has 5 rings (SSSR count). The van der Waals surface area contributed by atoms with Crippen LogP contribution in [0.25, 0.3) is 27.0 Å². The van der Waals surface area contributed by atoms with Crippen LogP contribution >= 0.6 is 22.9 Å². The van der Waals surface area contributed by atoms with Crippen molar-refractivity contribution in [3.8, 4) is 10.6 Å². The summed E-state index contributed by atoms with van der Waals surface area (Å²) in [5.41, 5.74) is -1.07. The minimum absolute atomic E-state index is 0.0997. The van der Waals surface area contributed by atoms with Gasteiger partial charge < -0.3 is 5.32 Å². The van der Waals surface area contributed by atoms with Crippen LogP contribution in [-0.4, -0.2) is 20.5 Å². The van der Waals surface area contributed by atoms with Gasteiger partial charge in [-0.3, -0.25) is 4.79 Å². The molecule has 10 heteroatoms. The summed E-state index contributed by atoms with van der Waals surface area (Å²) in [6, 6.07) is 17.0. The van der Waals surface area contributed by atoms with E-state index in [0.717, 1.165) is 16.8 Å². The third kappa shape index (κ3) is 3.49. The molecular formula is C22H12ClF3N4OS. The van der Waals surface area contributed by atoms with Crippen LogP contribution in [0.15, 0.2) is 66.0 Å². The van der Waals surface area contributed by atoms with E-state index in [0.29, 0.717) is 15.1 Å². The van der Waals surface area contributed by atoms with Gasteiger partial charge in [-0.25, -0.2) is 9.50 Å². The summed E-state index contributed by atoms with van der Waals surface area (Å²) < 4.78 is 41.9. The van der Waals surface area contributed by atoms with E-state index in [-0.39, 0.29) is 22.1 Å². The maximum atomic E-state index is 13.8. The van der Waals surface area contributed by atoms with Gasteiger partial charge in [0.15, 0.2) is 17.0 Å². The molecule has 0 radical (unpaired) electrons. The number of nitrogens with zero attached hydrogens (tertiary/aromatic N) is 3. The molecule has 0 aliphatic carbocycles. The number of amides is 1. The van der Waals surface area contributed by atoms with E-state index in [4.69, 9.17) is 11.6 Å². The highest BCUT2D eigenvalue weighted by atomic mass is 35.5. The van der Waals surface area contributed by atoms with Gasteiger partial charge in [0.25, 0.3) is 5.91 Å². The SMILES string of the molecule is O=C(Nc1cccc2ccccc12)c1nn2c(C(F)(F)F)cc(-c3cccs3)nc2c1Cl. The fourth-order valence-corrected chi connectivity index (χ4v) is 4.34. The zero-order valence-corrected chi connectivity index (χ0v) is 17.6. The molecule has 5 nitrogen and oxygen atoms in total. The van der Waals surface area contributed by atoms with Crippen LogP contribution in [0.3, 0.4) is 0 Å². The molecule has 0 aliphatic rings. The lowest BCUT2D eigenvalue weighted by atomic mass is 10.1. The van der Waals surface area contributed by atoms with E-state index in [2.05, 4.69) is 15.4 Å². The average Bonchev–Trinajstić information content (AvgIpc) is 3.41. The second-order valence-electron chi connectivity index (χ2n) is 6.88. The first kappa shape index (κ1) is 20.5. The van der Waals surface area contributed by atoms with Gasteiger partial charge in [0.05, 0.1) is 10.6 Å². The molecular weight excluding hydrogens is 461 g/mol. The van der Waals surface area contributed by atoms with Crippen LogP contribution in [0, 0.1) is 0 Å². The quantitative estimate of drug-likeness (QED) is 0.324. The van der Waals surface area contributed by atoms with Gasteiger partial charge in [-0.05, 0) is 29.0 Å². The Bertz CT molecular complexity index is 1470. The summed E-state index contributed by atoms with van der Waals surface area (Å²) in [5.74, 6) is -0.734. The minimum atomic E-state index is -4.73. The fourth-order valence-electron chi connectivity index (χ4n) is 3.41. The normalized spacial score (nSPS) is 11.9. The van der Waals surface area contributed by atoms with Gasteiger partial charge in [-0.1, -0.05) is 54.1 Å². The summed E-state index contributed by atoms with van der Waals surface area (Å²) in [7, 11) is 0. The number of benzene rings is 2. The highest BCUT2D eigenvalue weighted by Crippen LogP contribution is 2.35. The number of fused-ring (bicyclic) bond motifs is 2. The van der Waals surface area contributed by atoms with E-state index in [1.165, 1.54) is 11.3 Å². The Morgan fingerprint density at radius 3 is 2.59 bits per heavy atom. The molecule has 32 heavy (non-hydrogen) atoms. The highest BCUT2D eigenvalue weighted by Gasteiger charge is 2.36. The number of thiophene rings is 1. The molecule has 3 aromatic heterocycles. The summed E-state index contributed by atoms with van der Waals surface area (Å²) >= 11 is 7.57. The second kappa shape index (κ2) is 7.61. The molecule has 160 valence electrons. The predicted molar refractivity (Wildman–Crippen MR) is 118 cm³/mol. The highest BCUT2D eigenvalue weighted by molar-refractivity contribution is 7.13. The van der Waals surface area contributed by atoms with Crippen LogP contribution in [0.1, 0.15) is 16.2 Å². The zero-order chi connectivity index (χ0) is 22.5. The molecule has 0 unspecified atom stereocenters. The van der Waals surface area contributed by atoms with Crippen molar-refractivity contribution in [3.05, 3.63) is 82.5 Å². The molecule has 0 atom stereocenters. The Kier molecular flexibility index (Phi) is 4.87. The van der Waals surface area contributed by atoms with Crippen LogP contribution in [0.5, 0.6) is 0 Å². The van der Waals surface area contributed by atoms with Crippen molar-refractivity contribution in [2.75, 3.05) is 5.32 Å². The first-order valence-corrected chi connectivity index (χ1v) is 10.6. The van der Waals surface area contributed by atoms with E-state index < -0.39 is 17.8 Å². The van der Waals surface area contributed by atoms with Crippen molar-refractivity contribution in [1.29, 1.82) is 0 Å². The largest absolute Gasteiger partial charge is 0.433 e. The van der Waals surface area contributed by atoms with Crippen molar-refractivity contribution in [2.24, 2.45) is 0 Å². The molecule has 1 amide bonds. The molecule has 1 N–H and O–H groups in total. The first-order chi connectivity index (χ1) is 15.3. The number of hydrogen-bond acceptors (Lipinski definition) is 4. The number of nitrogens with one attached hydrogen (secondary N) is 1. The Morgan fingerprint density at radius 1 is 1.06 bits per heavy atom. The maximum absolute atomic E-state index is 13.8. The van der Waals surface area contributed by atoms with Crippen LogP contribution < -0.4 is 5.32 Å². The molecule has 0 aliphatic heterocycles. The molecule has 2 aromatic carbocycles. The van der Waals surface area contributed by atoms with Crippen LogP contribution in [0.4, 0.5) is 18.9 Å². The summed E-state index contributed by atoms with van der Waals surface area (Å²) in [6.07, 6.45) is -4.73. The van der Waals surface area contributed by atoms with Crippen LogP contribution in [0.2, 0.25) is 5.02 Å². The lowest BCUT2D eigenvalue weighted by molar-refractivity contribution is -0.142. The lowest BCUT2D eigenvalue weighted by Gasteiger charge is -2.10. The van der Waals surface area contributed by atoms with Crippen molar-refractivity contribution in [2.45, 2.75) is 6.18 Å². The lowest BCUT2D eigenvalue weighted by Crippen LogP contribution is -2.16. The van der Waals surface area contributed by atoms with Gasteiger partial charge in [0, 0.05) is 11.1 Å². The number of carbonyl (C=O) groups excluding carboxylic acids is 1. The zero-order valence-electron chi connectivity index (χ0n) is 16.0. The van der Waals surface area contributed by atoms with E-state index in [1.807, 2.05) is 30.3 Å². The minimum Gasteiger partial charge on any atom is -0.320 e. The third-order valence-corrected chi connectivity index (χ3v) is 6.09. The smallest absolute Gasteiger partial charge is 0.320 e. The summed E-state index contributed by atoms with van der Waals surface area (Å²) in [6.45, 7) is 0. The second-order valence-corrected chi connectivity index (χ2v) is 8.21. The number of alkyl halides is 3. The summed E-state index contributed by atoms with van der Waals surface area (Å²) in [5, 5.41) is 9.71.